The Hall–Kier alpha value is -2.65. The Kier molecular flexibility index (Phi) is 4.84. The van der Waals surface area contributed by atoms with Crippen molar-refractivity contribution in [2.24, 2.45) is 0 Å². The zero-order valence-electron chi connectivity index (χ0n) is 13.7. The van der Waals surface area contributed by atoms with Crippen LogP contribution in [-0.4, -0.2) is 52.9 Å². The first-order chi connectivity index (χ1) is 12.3. The van der Waals surface area contributed by atoms with Crippen LogP contribution in [0.2, 0.25) is 0 Å². The van der Waals surface area contributed by atoms with Crippen LogP contribution in [0.15, 0.2) is 12.4 Å². The molecule has 0 bridgehead atoms. The van der Waals surface area contributed by atoms with Crippen LogP contribution in [0.3, 0.4) is 0 Å². The van der Waals surface area contributed by atoms with Gasteiger partial charge in [0.1, 0.15) is 6.04 Å². The predicted molar refractivity (Wildman–Crippen MR) is 84.3 cm³/mol. The highest BCUT2D eigenvalue weighted by Gasteiger charge is 2.39. The highest BCUT2D eigenvalue weighted by Crippen LogP contribution is 2.27. The van der Waals surface area contributed by atoms with Crippen molar-refractivity contribution < 1.29 is 27.6 Å². The van der Waals surface area contributed by atoms with Crippen LogP contribution in [0.1, 0.15) is 35.2 Å². The third kappa shape index (κ3) is 3.78. The van der Waals surface area contributed by atoms with Crippen LogP contribution in [0.25, 0.3) is 0 Å². The van der Waals surface area contributed by atoms with Crippen LogP contribution < -0.4 is 10.6 Å². The fourth-order valence-electron chi connectivity index (χ4n) is 3.21. The molecule has 1 aromatic rings. The quantitative estimate of drug-likeness (QED) is 0.835. The summed E-state index contributed by atoms with van der Waals surface area (Å²) in [5.41, 5.74) is 1.33. The summed E-state index contributed by atoms with van der Waals surface area (Å²) < 4.78 is 37.4. The summed E-state index contributed by atoms with van der Waals surface area (Å²) in [5.74, 6) is -1.33. The zero-order valence-corrected chi connectivity index (χ0v) is 13.7. The van der Waals surface area contributed by atoms with E-state index in [9.17, 15) is 27.6 Å². The first kappa shape index (κ1) is 18.2. The summed E-state index contributed by atoms with van der Waals surface area (Å²) in [4.78, 5) is 41.1. The van der Waals surface area contributed by atoms with Gasteiger partial charge in [0, 0.05) is 25.7 Å². The van der Waals surface area contributed by atoms with Crippen molar-refractivity contribution in [3.8, 4) is 0 Å². The van der Waals surface area contributed by atoms with Gasteiger partial charge in [-0.2, -0.15) is 13.2 Å². The molecule has 1 saturated heterocycles. The Bertz CT molecular complexity index is 751. The number of nitrogens with one attached hydrogen (secondary N) is 2. The summed E-state index contributed by atoms with van der Waals surface area (Å²) in [6, 6.07) is -0.960. The number of halogens is 3. The number of aromatic nitrogens is 1. The molecule has 0 radical (unpaired) electrons. The zero-order chi connectivity index (χ0) is 18.9. The Labute approximate surface area is 146 Å². The highest BCUT2D eigenvalue weighted by molar-refractivity contribution is 6.02. The second-order valence-electron chi connectivity index (χ2n) is 6.22. The van der Waals surface area contributed by atoms with Gasteiger partial charge in [-0.25, -0.2) is 0 Å². The van der Waals surface area contributed by atoms with Crippen molar-refractivity contribution >= 4 is 23.4 Å². The van der Waals surface area contributed by atoms with Crippen molar-refractivity contribution in [3.63, 3.8) is 0 Å². The van der Waals surface area contributed by atoms with Gasteiger partial charge in [-0.1, -0.05) is 0 Å². The predicted octanol–water partition coefficient (Wildman–Crippen LogP) is 1.25. The van der Waals surface area contributed by atoms with Crippen LogP contribution in [0, 0.1) is 0 Å². The Balaban J connectivity index is 1.74. The number of carbonyl (C=O) groups is 3. The van der Waals surface area contributed by atoms with Crippen molar-refractivity contribution in [2.45, 2.75) is 37.9 Å². The number of carbonyl (C=O) groups excluding carboxylic acids is 3. The van der Waals surface area contributed by atoms with Crippen molar-refractivity contribution in [1.82, 2.24) is 15.2 Å². The molecule has 3 heterocycles. The fourth-order valence-corrected chi connectivity index (χ4v) is 3.21. The molecule has 2 N–H and O–H groups in total. The molecule has 10 heteroatoms. The van der Waals surface area contributed by atoms with E-state index in [2.05, 4.69) is 15.6 Å². The van der Waals surface area contributed by atoms with E-state index in [0.717, 1.165) is 4.90 Å². The molecule has 0 aromatic carbocycles. The number of hydrogen-bond donors (Lipinski definition) is 2. The molecule has 0 aliphatic carbocycles. The molecular weight excluding hydrogens is 353 g/mol. The monoisotopic (exact) mass is 370 g/mol. The summed E-state index contributed by atoms with van der Waals surface area (Å²) in [6.07, 6.45) is -2.08. The highest BCUT2D eigenvalue weighted by atomic mass is 19.4. The maximum Gasteiger partial charge on any atom is 0.390 e. The molecule has 2 aliphatic heterocycles. The lowest BCUT2D eigenvalue weighted by Crippen LogP contribution is -2.43. The smallest absolute Gasteiger partial charge is 0.352 e. The van der Waals surface area contributed by atoms with E-state index in [-0.39, 0.29) is 18.7 Å². The molecule has 0 spiro atoms. The number of amides is 3. The van der Waals surface area contributed by atoms with Gasteiger partial charge in [0.15, 0.2) is 0 Å². The molecule has 26 heavy (non-hydrogen) atoms. The van der Waals surface area contributed by atoms with Crippen LogP contribution in [-0.2, 0) is 16.0 Å². The number of anilines is 1. The Morgan fingerprint density at radius 3 is 2.81 bits per heavy atom. The third-order valence-electron chi connectivity index (χ3n) is 4.49. The van der Waals surface area contributed by atoms with Crippen molar-refractivity contribution in [2.75, 3.05) is 18.4 Å². The number of alkyl halides is 3. The van der Waals surface area contributed by atoms with E-state index in [0.29, 0.717) is 29.8 Å². The first-order valence-corrected chi connectivity index (χ1v) is 8.18. The minimum Gasteiger partial charge on any atom is -0.352 e. The summed E-state index contributed by atoms with van der Waals surface area (Å²) >= 11 is 0. The minimum absolute atomic E-state index is 0.0312. The van der Waals surface area contributed by atoms with E-state index < -0.39 is 37.0 Å². The maximum absolute atomic E-state index is 12.5. The average molecular weight is 370 g/mol. The number of rotatable bonds is 4. The van der Waals surface area contributed by atoms with Gasteiger partial charge in [0.25, 0.3) is 5.91 Å². The van der Waals surface area contributed by atoms with Crippen molar-refractivity contribution in [1.29, 1.82) is 0 Å². The van der Waals surface area contributed by atoms with Crippen molar-refractivity contribution in [3.05, 3.63) is 23.5 Å². The molecule has 2 aliphatic rings. The number of fused-ring (bicyclic) bond motifs is 1. The number of nitrogens with zero attached hydrogens (tertiary/aromatic N) is 2. The standard InChI is InChI=1S/C16H17F3N4O3/c17-16(18,19)4-6-23-12(1-2-13(23)24)15(26)22-11-8-20-7-10-9(11)3-5-21-14(10)25/h7-8,12H,1-6H2,(H,21,25)(H,22,26). The van der Waals surface area contributed by atoms with Crippen LogP contribution in [0.4, 0.5) is 18.9 Å². The lowest BCUT2D eigenvalue weighted by Gasteiger charge is -2.25. The molecular formula is C16H17F3N4O3. The number of hydrogen-bond acceptors (Lipinski definition) is 4. The van der Waals surface area contributed by atoms with Gasteiger partial charge < -0.3 is 15.5 Å². The summed E-state index contributed by atoms with van der Waals surface area (Å²) in [5, 5.41) is 5.29. The van der Waals surface area contributed by atoms with E-state index >= 15 is 0 Å². The molecule has 3 rings (SSSR count). The van der Waals surface area contributed by atoms with Gasteiger partial charge in [-0.15, -0.1) is 0 Å². The SMILES string of the molecule is O=C1NCCc2c(NC(=O)C3CCC(=O)N3CCC(F)(F)F)cncc21. The largest absolute Gasteiger partial charge is 0.390 e. The summed E-state index contributed by atoms with van der Waals surface area (Å²) in [7, 11) is 0. The molecule has 1 unspecified atom stereocenters. The topological polar surface area (TPSA) is 91.4 Å². The number of pyridine rings is 1. The van der Waals surface area contributed by atoms with Gasteiger partial charge >= 0.3 is 6.18 Å². The fraction of sp³-hybridized carbons (Fsp3) is 0.500. The maximum atomic E-state index is 12.5. The Morgan fingerprint density at radius 1 is 1.31 bits per heavy atom. The first-order valence-electron chi connectivity index (χ1n) is 8.18. The van der Waals surface area contributed by atoms with Gasteiger partial charge in [-0.3, -0.25) is 19.4 Å². The average Bonchev–Trinajstić information content (AvgIpc) is 2.94. The molecule has 0 saturated carbocycles. The Morgan fingerprint density at radius 2 is 2.08 bits per heavy atom. The molecule has 3 amide bonds. The van der Waals surface area contributed by atoms with Gasteiger partial charge in [-0.05, 0) is 18.4 Å². The molecule has 1 atom stereocenters. The van der Waals surface area contributed by atoms with Crippen LogP contribution >= 0.6 is 0 Å². The number of likely N-dealkylation sites (tertiary alicyclic amines) is 1. The van der Waals surface area contributed by atoms with Gasteiger partial charge in [0.05, 0.1) is 23.9 Å². The normalized spacial score (nSPS) is 20.0. The second-order valence-corrected chi connectivity index (χ2v) is 6.22. The molecule has 140 valence electrons. The van der Waals surface area contributed by atoms with E-state index in [4.69, 9.17) is 0 Å². The molecule has 7 nitrogen and oxygen atoms in total. The minimum atomic E-state index is -4.40. The molecule has 1 fully saturated rings. The lowest BCUT2D eigenvalue weighted by molar-refractivity contribution is -0.147. The van der Waals surface area contributed by atoms with Gasteiger partial charge in [0.2, 0.25) is 11.8 Å². The lowest BCUT2D eigenvalue weighted by atomic mass is 10.0. The van der Waals surface area contributed by atoms with E-state index in [1.165, 1.54) is 12.4 Å². The van der Waals surface area contributed by atoms with Crippen LogP contribution in [0.5, 0.6) is 0 Å². The third-order valence-corrected chi connectivity index (χ3v) is 4.49. The molecule has 1 aromatic heterocycles. The second kappa shape index (κ2) is 6.93. The van der Waals surface area contributed by atoms with E-state index in [1.54, 1.807) is 0 Å². The van der Waals surface area contributed by atoms with E-state index in [1.807, 2.05) is 0 Å². The summed E-state index contributed by atoms with van der Waals surface area (Å²) in [6.45, 7) is -0.133.